The molecular formula is C16H22N2OS. The fraction of sp³-hybridized carbons (Fsp3) is 0.438. The van der Waals surface area contributed by atoms with E-state index in [1.54, 1.807) is 17.5 Å². The zero-order valence-corrected chi connectivity index (χ0v) is 13.4. The van der Waals surface area contributed by atoms with Crippen LogP contribution in [0.1, 0.15) is 36.2 Å². The molecule has 2 heterocycles. The number of aryl methyl sites for hydroxylation is 1. The van der Waals surface area contributed by atoms with Crippen molar-refractivity contribution >= 4 is 11.3 Å². The average Bonchev–Trinajstić information content (AvgIpc) is 2.83. The van der Waals surface area contributed by atoms with Gasteiger partial charge < -0.3 is 10.1 Å². The molecule has 0 saturated heterocycles. The van der Waals surface area contributed by atoms with Crippen LogP contribution >= 0.6 is 11.3 Å². The molecule has 2 rings (SSSR count). The predicted molar refractivity (Wildman–Crippen MR) is 84.2 cm³/mol. The van der Waals surface area contributed by atoms with Gasteiger partial charge in [-0.1, -0.05) is 0 Å². The van der Waals surface area contributed by atoms with Gasteiger partial charge in [-0.2, -0.15) is 0 Å². The molecule has 0 aliphatic heterocycles. The average molecular weight is 290 g/mol. The summed E-state index contributed by atoms with van der Waals surface area (Å²) in [5.41, 5.74) is 1.15. The first kappa shape index (κ1) is 15.0. The monoisotopic (exact) mass is 290 g/mol. The molecule has 0 saturated carbocycles. The fourth-order valence-electron chi connectivity index (χ4n) is 1.64. The molecule has 108 valence electrons. The zero-order chi connectivity index (χ0) is 14.6. The van der Waals surface area contributed by atoms with E-state index in [0.29, 0.717) is 6.61 Å². The minimum absolute atomic E-state index is 0.147. The molecule has 0 radical (unpaired) electrons. The molecule has 0 amide bonds. The maximum atomic E-state index is 5.73. The van der Waals surface area contributed by atoms with Crippen LogP contribution in [-0.2, 0) is 13.2 Å². The van der Waals surface area contributed by atoms with Crippen LogP contribution in [0.3, 0.4) is 0 Å². The van der Waals surface area contributed by atoms with Gasteiger partial charge in [0.2, 0.25) is 0 Å². The van der Waals surface area contributed by atoms with Crippen LogP contribution in [0, 0.1) is 6.92 Å². The summed E-state index contributed by atoms with van der Waals surface area (Å²) >= 11 is 1.79. The topological polar surface area (TPSA) is 34.1 Å². The molecule has 3 nitrogen and oxygen atoms in total. The Morgan fingerprint density at radius 2 is 1.90 bits per heavy atom. The van der Waals surface area contributed by atoms with Gasteiger partial charge in [-0.25, -0.2) is 0 Å². The van der Waals surface area contributed by atoms with Crippen LogP contribution in [0.15, 0.2) is 30.5 Å². The lowest BCUT2D eigenvalue weighted by Crippen LogP contribution is -2.34. The molecule has 0 spiro atoms. The standard InChI is InChI=1S/C16H22N2OS/c1-12-5-6-13(9-17-12)19-11-15-8-7-14(20-15)10-18-16(2,3)4/h5-9,18H,10-11H2,1-4H3. The quantitative estimate of drug-likeness (QED) is 0.906. The van der Waals surface area contributed by atoms with Gasteiger partial charge in [-0.05, 0) is 52.0 Å². The Morgan fingerprint density at radius 1 is 1.15 bits per heavy atom. The number of nitrogens with zero attached hydrogens (tertiary/aromatic N) is 1. The van der Waals surface area contributed by atoms with Gasteiger partial charge in [0.05, 0.1) is 6.20 Å². The Morgan fingerprint density at radius 3 is 2.55 bits per heavy atom. The SMILES string of the molecule is Cc1ccc(OCc2ccc(CNC(C)(C)C)s2)cn1. The van der Waals surface area contributed by atoms with E-state index in [1.165, 1.54) is 9.75 Å². The summed E-state index contributed by atoms with van der Waals surface area (Å²) in [5, 5.41) is 3.49. The van der Waals surface area contributed by atoms with Crippen molar-refractivity contribution in [2.75, 3.05) is 0 Å². The van der Waals surface area contributed by atoms with Gasteiger partial charge in [0.25, 0.3) is 0 Å². The number of hydrogen-bond donors (Lipinski definition) is 1. The molecule has 4 heteroatoms. The van der Waals surface area contributed by atoms with Gasteiger partial charge in [0.15, 0.2) is 0 Å². The summed E-state index contributed by atoms with van der Waals surface area (Å²) in [4.78, 5) is 6.79. The van der Waals surface area contributed by atoms with Gasteiger partial charge in [0, 0.05) is 27.5 Å². The van der Waals surface area contributed by atoms with Crippen molar-refractivity contribution in [1.29, 1.82) is 0 Å². The molecule has 0 atom stereocenters. The second-order valence-electron chi connectivity index (χ2n) is 5.90. The summed E-state index contributed by atoms with van der Waals surface area (Å²) in [6, 6.07) is 8.21. The predicted octanol–water partition coefficient (Wildman–Crippen LogP) is 3.92. The second-order valence-corrected chi connectivity index (χ2v) is 7.15. The van der Waals surface area contributed by atoms with Crippen LogP contribution in [0.5, 0.6) is 5.75 Å². The van der Waals surface area contributed by atoms with Gasteiger partial charge >= 0.3 is 0 Å². The van der Waals surface area contributed by atoms with Crippen molar-refractivity contribution in [3.8, 4) is 5.75 Å². The number of hydrogen-bond acceptors (Lipinski definition) is 4. The van der Waals surface area contributed by atoms with Crippen molar-refractivity contribution in [3.63, 3.8) is 0 Å². The van der Waals surface area contributed by atoms with E-state index in [4.69, 9.17) is 4.74 Å². The van der Waals surface area contributed by atoms with Crippen molar-refractivity contribution in [1.82, 2.24) is 10.3 Å². The molecule has 1 N–H and O–H groups in total. The first-order chi connectivity index (χ1) is 9.42. The Labute approximate surface area is 125 Å². The lowest BCUT2D eigenvalue weighted by atomic mass is 10.1. The number of rotatable bonds is 5. The maximum absolute atomic E-state index is 5.73. The number of pyridine rings is 1. The number of ether oxygens (including phenoxy) is 1. The summed E-state index contributed by atoms with van der Waals surface area (Å²) < 4.78 is 5.73. The number of thiophene rings is 1. The van der Waals surface area contributed by atoms with Gasteiger partial charge in [0.1, 0.15) is 12.4 Å². The van der Waals surface area contributed by atoms with Crippen LogP contribution in [0.2, 0.25) is 0 Å². The summed E-state index contributed by atoms with van der Waals surface area (Å²) in [6.45, 7) is 10.0. The third-order valence-electron chi connectivity index (χ3n) is 2.78. The van der Waals surface area contributed by atoms with Gasteiger partial charge in [-0.15, -0.1) is 11.3 Å². The molecule has 0 bridgehead atoms. The molecule has 0 aliphatic carbocycles. The first-order valence-electron chi connectivity index (χ1n) is 6.80. The van der Waals surface area contributed by atoms with E-state index in [0.717, 1.165) is 18.0 Å². The Kier molecular flexibility index (Phi) is 4.78. The van der Waals surface area contributed by atoms with Crippen LogP contribution in [-0.4, -0.2) is 10.5 Å². The van der Waals surface area contributed by atoms with E-state index in [1.807, 2.05) is 19.1 Å². The summed E-state index contributed by atoms with van der Waals surface area (Å²) in [5.74, 6) is 0.818. The smallest absolute Gasteiger partial charge is 0.138 e. The van der Waals surface area contributed by atoms with E-state index in [9.17, 15) is 0 Å². The molecule has 20 heavy (non-hydrogen) atoms. The molecule has 0 fully saturated rings. The number of aromatic nitrogens is 1. The van der Waals surface area contributed by atoms with Crippen molar-refractivity contribution in [3.05, 3.63) is 45.9 Å². The van der Waals surface area contributed by atoms with E-state index in [-0.39, 0.29) is 5.54 Å². The van der Waals surface area contributed by atoms with E-state index < -0.39 is 0 Å². The van der Waals surface area contributed by atoms with Gasteiger partial charge in [-0.3, -0.25) is 4.98 Å². The van der Waals surface area contributed by atoms with Crippen molar-refractivity contribution in [2.24, 2.45) is 0 Å². The molecule has 2 aromatic rings. The second kappa shape index (κ2) is 6.37. The first-order valence-corrected chi connectivity index (χ1v) is 7.62. The molecular weight excluding hydrogens is 268 g/mol. The maximum Gasteiger partial charge on any atom is 0.138 e. The zero-order valence-electron chi connectivity index (χ0n) is 12.6. The number of nitrogens with one attached hydrogen (secondary N) is 1. The third kappa shape index (κ3) is 4.94. The molecule has 2 aromatic heterocycles. The minimum Gasteiger partial charge on any atom is -0.486 e. The normalized spacial score (nSPS) is 11.6. The third-order valence-corrected chi connectivity index (χ3v) is 3.83. The Balaban J connectivity index is 1.85. The van der Waals surface area contributed by atoms with Crippen LogP contribution in [0.4, 0.5) is 0 Å². The minimum atomic E-state index is 0.147. The Hall–Kier alpha value is -1.39. The fourth-order valence-corrected chi connectivity index (χ4v) is 2.51. The molecule has 0 aliphatic rings. The largest absolute Gasteiger partial charge is 0.486 e. The molecule has 0 unspecified atom stereocenters. The lowest BCUT2D eigenvalue weighted by Gasteiger charge is -2.19. The summed E-state index contributed by atoms with van der Waals surface area (Å²) in [7, 11) is 0. The van der Waals surface area contributed by atoms with E-state index in [2.05, 4.69) is 43.2 Å². The highest BCUT2D eigenvalue weighted by molar-refractivity contribution is 7.11. The van der Waals surface area contributed by atoms with Crippen LogP contribution < -0.4 is 10.1 Å². The highest BCUT2D eigenvalue weighted by atomic mass is 32.1. The van der Waals surface area contributed by atoms with Crippen molar-refractivity contribution < 1.29 is 4.74 Å². The highest BCUT2D eigenvalue weighted by Gasteiger charge is 2.09. The highest BCUT2D eigenvalue weighted by Crippen LogP contribution is 2.19. The van der Waals surface area contributed by atoms with Crippen molar-refractivity contribution in [2.45, 2.75) is 46.4 Å². The Bertz CT molecular complexity index is 540. The lowest BCUT2D eigenvalue weighted by molar-refractivity contribution is 0.308. The summed E-state index contributed by atoms with van der Waals surface area (Å²) in [6.07, 6.45) is 1.77. The van der Waals surface area contributed by atoms with Crippen LogP contribution in [0.25, 0.3) is 0 Å². The molecule has 0 aromatic carbocycles. The van der Waals surface area contributed by atoms with E-state index >= 15 is 0 Å².